The Balaban J connectivity index is 1.64. The molecular weight excluding hydrogens is 334 g/mol. The van der Waals surface area contributed by atoms with Gasteiger partial charge in [-0.1, -0.05) is 19.4 Å². The second-order valence-corrected chi connectivity index (χ2v) is 6.91. The molecule has 0 radical (unpaired) electrons. The van der Waals surface area contributed by atoms with Gasteiger partial charge in [-0.25, -0.2) is 0 Å². The van der Waals surface area contributed by atoms with Crippen LogP contribution >= 0.6 is 0 Å². The van der Waals surface area contributed by atoms with E-state index in [9.17, 15) is 9.59 Å². The van der Waals surface area contributed by atoms with E-state index in [2.05, 4.69) is 11.8 Å². The third-order valence-electron chi connectivity index (χ3n) is 4.99. The van der Waals surface area contributed by atoms with E-state index >= 15 is 0 Å². The highest BCUT2D eigenvalue weighted by atomic mass is 16.5. The number of fused-ring (bicyclic) bond motifs is 1. The molecule has 0 aromatic heterocycles. The van der Waals surface area contributed by atoms with Crippen LogP contribution in [0.2, 0.25) is 0 Å². The van der Waals surface area contributed by atoms with E-state index in [1.54, 1.807) is 24.3 Å². The van der Waals surface area contributed by atoms with E-state index in [-0.39, 0.29) is 18.6 Å². The van der Waals surface area contributed by atoms with Gasteiger partial charge in [0, 0.05) is 31.2 Å². The summed E-state index contributed by atoms with van der Waals surface area (Å²) < 4.78 is 11.1. The van der Waals surface area contributed by atoms with Gasteiger partial charge in [-0.15, -0.1) is 0 Å². The highest BCUT2D eigenvalue weighted by Crippen LogP contribution is 2.23. The van der Waals surface area contributed by atoms with Gasteiger partial charge in [-0.2, -0.15) is 0 Å². The molecule has 1 aromatic carbocycles. The van der Waals surface area contributed by atoms with Crippen LogP contribution in [0.3, 0.4) is 0 Å². The summed E-state index contributed by atoms with van der Waals surface area (Å²) >= 11 is 0. The Morgan fingerprint density at radius 3 is 2.92 bits per heavy atom. The van der Waals surface area contributed by atoms with Crippen LogP contribution < -0.4 is 10.5 Å². The topological polar surface area (TPSA) is 85.1 Å². The number of benzene rings is 1. The average Bonchev–Trinajstić information content (AvgIpc) is 2.66. The van der Waals surface area contributed by atoms with Gasteiger partial charge in [-0.05, 0) is 24.6 Å². The van der Waals surface area contributed by atoms with Crippen molar-refractivity contribution >= 4 is 11.8 Å². The quantitative estimate of drug-likeness (QED) is 0.813. The number of ether oxygens (including phenoxy) is 2. The standard InChI is InChI=1S/C19H27N3O4/c1-2-4-15-11-25-12-16-10-21(7-8-22(15)16)19(24)14-5-3-6-17(9-14)26-13-18(20)23/h3,5-6,9,15-16H,2,4,7-8,10-13H2,1H3,(H2,20,23)/t15-,16+/m0/s1. The van der Waals surface area contributed by atoms with E-state index in [1.807, 2.05) is 4.90 Å². The van der Waals surface area contributed by atoms with Gasteiger partial charge < -0.3 is 20.1 Å². The van der Waals surface area contributed by atoms with Gasteiger partial charge >= 0.3 is 0 Å². The molecule has 142 valence electrons. The molecule has 2 aliphatic heterocycles. The molecule has 2 saturated heterocycles. The average molecular weight is 361 g/mol. The molecule has 2 aliphatic rings. The van der Waals surface area contributed by atoms with Crippen molar-refractivity contribution in [3.8, 4) is 5.75 Å². The lowest BCUT2D eigenvalue weighted by Crippen LogP contribution is -2.62. The molecule has 0 saturated carbocycles. The number of hydrogen-bond donors (Lipinski definition) is 1. The number of primary amides is 1. The first kappa shape index (κ1) is 18.7. The molecule has 0 aliphatic carbocycles. The van der Waals surface area contributed by atoms with Gasteiger partial charge in [0.25, 0.3) is 11.8 Å². The molecule has 7 heteroatoms. The van der Waals surface area contributed by atoms with Gasteiger partial charge in [0.1, 0.15) is 5.75 Å². The van der Waals surface area contributed by atoms with E-state index in [0.717, 1.165) is 26.0 Å². The van der Waals surface area contributed by atoms with Gasteiger partial charge in [0.2, 0.25) is 0 Å². The van der Waals surface area contributed by atoms with Crippen LogP contribution in [0.1, 0.15) is 30.1 Å². The van der Waals surface area contributed by atoms with Crippen molar-refractivity contribution < 1.29 is 19.1 Å². The Morgan fingerprint density at radius 2 is 2.15 bits per heavy atom. The van der Waals surface area contributed by atoms with Crippen molar-refractivity contribution in [2.24, 2.45) is 5.73 Å². The van der Waals surface area contributed by atoms with E-state index in [0.29, 0.717) is 37.1 Å². The summed E-state index contributed by atoms with van der Waals surface area (Å²) in [6, 6.07) is 7.61. The van der Waals surface area contributed by atoms with Crippen molar-refractivity contribution in [2.75, 3.05) is 39.5 Å². The van der Waals surface area contributed by atoms with Crippen LogP contribution in [0.15, 0.2) is 24.3 Å². The fourth-order valence-corrected chi connectivity index (χ4v) is 3.76. The first-order chi connectivity index (χ1) is 12.6. The predicted molar refractivity (Wildman–Crippen MR) is 97.0 cm³/mol. The Hall–Kier alpha value is -2.12. The third-order valence-corrected chi connectivity index (χ3v) is 4.99. The van der Waals surface area contributed by atoms with Crippen molar-refractivity contribution in [1.82, 2.24) is 9.80 Å². The second kappa shape index (κ2) is 8.51. The lowest BCUT2D eigenvalue weighted by molar-refractivity contribution is -0.119. The Kier molecular flexibility index (Phi) is 6.11. The molecule has 2 heterocycles. The maximum atomic E-state index is 12.9. The number of nitrogens with zero attached hydrogens (tertiary/aromatic N) is 2. The SMILES string of the molecule is CCC[C@H]1COC[C@H]2CN(C(=O)c3cccc(OCC(N)=O)c3)CCN12. The van der Waals surface area contributed by atoms with Gasteiger partial charge in [0.15, 0.2) is 6.61 Å². The molecule has 26 heavy (non-hydrogen) atoms. The molecule has 3 rings (SSSR count). The summed E-state index contributed by atoms with van der Waals surface area (Å²) in [5.41, 5.74) is 5.65. The molecule has 2 N–H and O–H groups in total. The van der Waals surface area contributed by atoms with Gasteiger partial charge in [0.05, 0.1) is 19.3 Å². The Labute approximate surface area is 154 Å². The first-order valence-electron chi connectivity index (χ1n) is 9.22. The summed E-state index contributed by atoms with van der Waals surface area (Å²) in [5.74, 6) is -0.0964. The Bertz CT molecular complexity index is 649. The third kappa shape index (κ3) is 4.34. The van der Waals surface area contributed by atoms with Gasteiger partial charge in [-0.3, -0.25) is 14.5 Å². The van der Waals surface area contributed by atoms with Crippen molar-refractivity contribution in [2.45, 2.75) is 31.8 Å². The molecule has 2 fully saturated rings. The Morgan fingerprint density at radius 1 is 1.31 bits per heavy atom. The van der Waals surface area contributed by atoms with Crippen LogP contribution in [0.25, 0.3) is 0 Å². The zero-order valence-electron chi connectivity index (χ0n) is 15.2. The lowest BCUT2D eigenvalue weighted by atomic mass is 10.0. The van der Waals surface area contributed by atoms with Crippen LogP contribution in [0.4, 0.5) is 0 Å². The fourth-order valence-electron chi connectivity index (χ4n) is 3.76. The summed E-state index contributed by atoms with van der Waals surface area (Å²) in [6.07, 6.45) is 2.27. The molecule has 7 nitrogen and oxygen atoms in total. The second-order valence-electron chi connectivity index (χ2n) is 6.91. The van der Waals surface area contributed by atoms with Crippen LogP contribution in [-0.4, -0.2) is 73.2 Å². The fraction of sp³-hybridized carbons (Fsp3) is 0.579. The largest absolute Gasteiger partial charge is 0.484 e. The summed E-state index contributed by atoms with van der Waals surface area (Å²) in [6.45, 7) is 5.71. The number of amides is 2. The number of piperazine rings is 1. The number of carbonyl (C=O) groups excluding carboxylic acids is 2. The minimum Gasteiger partial charge on any atom is -0.484 e. The normalized spacial score (nSPS) is 23.3. The smallest absolute Gasteiger partial charge is 0.255 e. The van der Waals surface area contributed by atoms with Crippen molar-refractivity contribution in [3.63, 3.8) is 0 Å². The molecule has 0 unspecified atom stereocenters. The van der Waals surface area contributed by atoms with Crippen LogP contribution in [-0.2, 0) is 9.53 Å². The number of nitrogens with two attached hydrogens (primary N) is 1. The highest BCUT2D eigenvalue weighted by molar-refractivity contribution is 5.94. The highest BCUT2D eigenvalue weighted by Gasteiger charge is 2.36. The molecule has 0 bridgehead atoms. The molecule has 2 amide bonds. The maximum absolute atomic E-state index is 12.9. The number of rotatable bonds is 6. The van der Waals surface area contributed by atoms with Crippen LogP contribution in [0, 0.1) is 0 Å². The van der Waals surface area contributed by atoms with Crippen LogP contribution in [0.5, 0.6) is 5.75 Å². The molecule has 1 aromatic rings. The number of carbonyl (C=O) groups is 2. The first-order valence-corrected chi connectivity index (χ1v) is 9.22. The number of morpholine rings is 1. The van der Waals surface area contributed by atoms with Crippen molar-refractivity contribution in [3.05, 3.63) is 29.8 Å². The summed E-state index contributed by atoms with van der Waals surface area (Å²) in [5, 5.41) is 0. The number of hydrogen-bond acceptors (Lipinski definition) is 5. The van der Waals surface area contributed by atoms with E-state index in [1.165, 1.54) is 0 Å². The predicted octanol–water partition coefficient (Wildman–Crippen LogP) is 0.876. The minimum atomic E-state index is -0.545. The summed E-state index contributed by atoms with van der Waals surface area (Å²) in [4.78, 5) is 28.1. The molecule has 2 atom stereocenters. The zero-order chi connectivity index (χ0) is 18.5. The van der Waals surface area contributed by atoms with Crippen molar-refractivity contribution in [1.29, 1.82) is 0 Å². The van der Waals surface area contributed by atoms with E-state index < -0.39 is 5.91 Å². The monoisotopic (exact) mass is 361 g/mol. The molecule has 0 spiro atoms. The maximum Gasteiger partial charge on any atom is 0.255 e. The van der Waals surface area contributed by atoms with E-state index in [4.69, 9.17) is 15.2 Å². The minimum absolute atomic E-state index is 0.0215. The molecular formula is C19H27N3O4. The zero-order valence-corrected chi connectivity index (χ0v) is 15.2. The lowest BCUT2D eigenvalue weighted by Gasteiger charge is -2.48. The summed E-state index contributed by atoms with van der Waals surface area (Å²) in [7, 11) is 0.